The van der Waals surface area contributed by atoms with Crippen LogP contribution in [0.5, 0.6) is 17.2 Å². The summed E-state index contributed by atoms with van der Waals surface area (Å²) in [5.74, 6) is 2.47. The van der Waals surface area contributed by atoms with Crippen LogP contribution in [0.4, 0.5) is 5.69 Å². The number of nitrogens with one attached hydrogen (secondary N) is 1. The van der Waals surface area contributed by atoms with Gasteiger partial charge in [0.2, 0.25) is 0 Å². The lowest BCUT2D eigenvalue weighted by atomic mass is 10.2. The first-order chi connectivity index (χ1) is 13.6. The Morgan fingerprint density at radius 1 is 1.10 bits per heavy atom. The summed E-state index contributed by atoms with van der Waals surface area (Å²) in [6.45, 7) is 0.398. The van der Waals surface area contributed by atoms with Gasteiger partial charge in [0.1, 0.15) is 17.2 Å². The van der Waals surface area contributed by atoms with Crippen molar-refractivity contribution < 1.29 is 14.2 Å². The average molecular weight is 532 g/mol. The van der Waals surface area contributed by atoms with Crippen molar-refractivity contribution >= 4 is 47.2 Å². The first-order valence-corrected chi connectivity index (χ1v) is 9.71. The quantitative estimate of drug-likeness (QED) is 0.291. The van der Waals surface area contributed by atoms with Crippen molar-refractivity contribution in [1.82, 2.24) is 0 Å². The lowest BCUT2D eigenvalue weighted by molar-refractivity contribution is 0.207. The molecule has 0 heterocycles. The Morgan fingerprint density at radius 3 is 2.52 bits per heavy atom. The number of guanidine groups is 1. The second kappa shape index (κ2) is 11.3. The predicted molar refractivity (Wildman–Crippen MR) is 128 cm³/mol. The maximum Gasteiger partial charge on any atom is 0.193 e. The second-order valence-corrected chi connectivity index (χ2v) is 7.08. The SMILES string of the molecule is COc1ccc(CN=C(N)Nc2ccc(OC)c(Cl)c2)c(OC2CCCC2)c1.I. The summed E-state index contributed by atoms with van der Waals surface area (Å²) in [7, 11) is 3.22. The van der Waals surface area contributed by atoms with Gasteiger partial charge in [0.05, 0.1) is 31.9 Å². The summed E-state index contributed by atoms with van der Waals surface area (Å²) in [5.41, 5.74) is 7.75. The summed E-state index contributed by atoms with van der Waals surface area (Å²) < 4.78 is 16.7. The van der Waals surface area contributed by atoms with E-state index in [2.05, 4.69) is 10.3 Å². The van der Waals surface area contributed by atoms with Crippen LogP contribution in [0, 0.1) is 0 Å². The molecule has 1 aliphatic rings. The Morgan fingerprint density at radius 2 is 1.86 bits per heavy atom. The van der Waals surface area contributed by atoms with E-state index in [1.54, 1.807) is 26.4 Å². The van der Waals surface area contributed by atoms with Crippen molar-refractivity contribution in [2.75, 3.05) is 19.5 Å². The molecule has 8 heteroatoms. The molecule has 0 aromatic heterocycles. The zero-order chi connectivity index (χ0) is 19.9. The number of ether oxygens (including phenoxy) is 3. The van der Waals surface area contributed by atoms with Gasteiger partial charge in [-0.25, -0.2) is 4.99 Å². The maximum atomic E-state index is 6.20. The molecule has 0 unspecified atom stereocenters. The van der Waals surface area contributed by atoms with Crippen LogP contribution in [-0.2, 0) is 6.54 Å². The van der Waals surface area contributed by atoms with E-state index in [9.17, 15) is 0 Å². The van der Waals surface area contributed by atoms with Crippen molar-refractivity contribution in [3.8, 4) is 17.2 Å². The second-order valence-electron chi connectivity index (χ2n) is 6.67. The molecule has 29 heavy (non-hydrogen) atoms. The molecule has 0 spiro atoms. The molecular formula is C21H27ClIN3O3. The van der Waals surface area contributed by atoms with Gasteiger partial charge in [0.25, 0.3) is 0 Å². The molecule has 3 N–H and O–H groups in total. The number of hydrogen-bond acceptors (Lipinski definition) is 4. The molecule has 1 fully saturated rings. The van der Waals surface area contributed by atoms with Gasteiger partial charge in [0.15, 0.2) is 5.96 Å². The molecule has 2 aromatic carbocycles. The number of rotatable bonds is 7. The van der Waals surface area contributed by atoms with Crippen LogP contribution in [0.1, 0.15) is 31.2 Å². The topological polar surface area (TPSA) is 78.1 Å². The molecule has 0 saturated heterocycles. The van der Waals surface area contributed by atoms with Crippen molar-refractivity contribution in [3.63, 3.8) is 0 Å². The molecule has 0 aliphatic heterocycles. The third-order valence-corrected chi connectivity index (χ3v) is 5.01. The van der Waals surface area contributed by atoms with Crippen molar-refractivity contribution in [2.24, 2.45) is 10.7 Å². The smallest absolute Gasteiger partial charge is 0.193 e. The van der Waals surface area contributed by atoms with Gasteiger partial charge in [0, 0.05) is 17.3 Å². The van der Waals surface area contributed by atoms with Gasteiger partial charge in [-0.3, -0.25) is 0 Å². The largest absolute Gasteiger partial charge is 0.497 e. The van der Waals surface area contributed by atoms with E-state index in [0.29, 0.717) is 23.3 Å². The number of hydrogen-bond donors (Lipinski definition) is 2. The lowest BCUT2D eigenvalue weighted by Crippen LogP contribution is -2.22. The Labute approximate surface area is 193 Å². The van der Waals surface area contributed by atoms with Crippen LogP contribution in [0.25, 0.3) is 0 Å². The molecule has 2 aromatic rings. The van der Waals surface area contributed by atoms with Crippen LogP contribution in [0.15, 0.2) is 41.4 Å². The van der Waals surface area contributed by atoms with E-state index < -0.39 is 0 Å². The van der Waals surface area contributed by atoms with Crippen molar-refractivity contribution in [3.05, 3.63) is 47.0 Å². The molecule has 1 aliphatic carbocycles. The van der Waals surface area contributed by atoms with Crippen LogP contribution < -0.4 is 25.3 Å². The molecule has 3 rings (SSSR count). The summed E-state index contributed by atoms with van der Waals surface area (Å²) in [4.78, 5) is 4.44. The summed E-state index contributed by atoms with van der Waals surface area (Å²) in [5, 5.41) is 3.54. The van der Waals surface area contributed by atoms with E-state index in [1.807, 2.05) is 24.3 Å². The van der Waals surface area contributed by atoms with Crippen LogP contribution >= 0.6 is 35.6 Å². The third kappa shape index (κ3) is 6.57. The number of anilines is 1. The van der Waals surface area contributed by atoms with Gasteiger partial charge in [-0.2, -0.15) is 0 Å². The first kappa shape index (κ1) is 23.4. The number of halogens is 2. The minimum Gasteiger partial charge on any atom is -0.497 e. The number of nitrogens with two attached hydrogens (primary N) is 1. The lowest BCUT2D eigenvalue weighted by Gasteiger charge is -2.17. The summed E-state index contributed by atoms with van der Waals surface area (Å²) in [6.07, 6.45) is 4.85. The molecule has 0 radical (unpaired) electrons. The molecule has 6 nitrogen and oxygen atoms in total. The fourth-order valence-electron chi connectivity index (χ4n) is 3.19. The van der Waals surface area contributed by atoms with Crippen molar-refractivity contribution in [2.45, 2.75) is 38.3 Å². The normalized spacial score (nSPS) is 14.2. The Balaban J connectivity index is 0.00000300. The highest BCUT2D eigenvalue weighted by Gasteiger charge is 2.18. The van der Waals surface area contributed by atoms with E-state index in [0.717, 1.165) is 35.6 Å². The average Bonchev–Trinajstić information content (AvgIpc) is 3.20. The minimum absolute atomic E-state index is 0. The molecule has 0 amide bonds. The molecule has 0 atom stereocenters. The molecule has 158 valence electrons. The van der Waals surface area contributed by atoms with E-state index >= 15 is 0 Å². The standard InChI is InChI=1S/C21H26ClN3O3.HI/c1-26-17-9-7-14(20(12-17)28-16-5-3-4-6-16)13-24-21(23)25-15-8-10-19(27-2)18(22)11-15;/h7-12,16H,3-6,13H2,1-2H3,(H3,23,24,25);1H. The predicted octanol–water partition coefficient (Wildman–Crippen LogP) is 5.22. The van der Waals surface area contributed by atoms with Crippen LogP contribution in [0.2, 0.25) is 5.02 Å². The Bertz CT molecular complexity index is 842. The third-order valence-electron chi connectivity index (χ3n) is 4.71. The fourth-order valence-corrected chi connectivity index (χ4v) is 3.45. The van der Waals surface area contributed by atoms with Gasteiger partial charge < -0.3 is 25.3 Å². The number of nitrogens with zero attached hydrogens (tertiary/aromatic N) is 1. The number of aliphatic imine (C=N–C) groups is 1. The van der Waals surface area contributed by atoms with Gasteiger partial charge in [-0.05, 0) is 56.0 Å². The summed E-state index contributed by atoms with van der Waals surface area (Å²) >= 11 is 6.14. The van der Waals surface area contributed by atoms with Crippen molar-refractivity contribution in [1.29, 1.82) is 0 Å². The number of benzene rings is 2. The fraction of sp³-hybridized carbons (Fsp3) is 0.381. The summed E-state index contributed by atoms with van der Waals surface area (Å²) in [6, 6.07) is 11.1. The zero-order valence-electron chi connectivity index (χ0n) is 16.6. The van der Waals surface area contributed by atoms with E-state index in [-0.39, 0.29) is 30.1 Å². The molecular weight excluding hydrogens is 505 g/mol. The number of methoxy groups -OCH3 is 2. The Hall–Kier alpha value is -1.87. The van der Waals surface area contributed by atoms with E-state index in [4.69, 9.17) is 31.5 Å². The minimum atomic E-state index is 0. The first-order valence-electron chi connectivity index (χ1n) is 9.33. The highest BCUT2D eigenvalue weighted by atomic mass is 127. The highest BCUT2D eigenvalue weighted by Crippen LogP contribution is 2.30. The highest BCUT2D eigenvalue weighted by molar-refractivity contribution is 14.0. The van der Waals surface area contributed by atoms with E-state index in [1.165, 1.54) is 12.8 Å². The van der Waals surface area contributed by atoms with Gasteiger partial charge in [-0.15, -0.1) is 24.0 Å². The Kier molecular flexibility index (Phi) is 9.16. The monoisotopic (exact) mass is 531 g/mol. The van der Waals surface area contributed by atoms with Crippen LogP contribution in [-0.4, -0.2) is 26.3 Å². The van der Waals surface area contributed by atoms with Crippen LogP contribution in [0.3, 0.4) is 0 Å². The molecule has 1 saturated carbocycles. The maximum absolute atomic E-state index is 6.20. The zero-order valence-corrected chi connectivity index (χ0v) is 19.7. The van der Waals surface area contributed by atoms with Gasteiger partial charge >= 0.3 is 0 Å². The molecule has 0 bridgehead atoms. The van der Waals surface area contributed by atoms with Gasteiger partial charge in [-0.1, -0.05) is 11.6 Å².